The van der Waals surface area contributed by atoms with Gasteiger partial charge >= 0.3 is 0 Å². The van der Waals surface area contributed by atoms with Gasteiger partial charge in [0.2, 0.25) is 15.8 Å². The molecule has 40 heavy (non-hydrogen) atoms. The topological polar surface area (TPSA) is 152 Å². The number of hydrogen-bond acceptors (Lipinski definition) is 6. The summed E-state index contributed by atoms with van der Waals surface area (Å²) in [7, 11) is -8.39. The quantitative estimate of drug-likeness (QED) is 0.242. The van der Waals surface area contributed by atoms with Crippen molar-refractivity contribution in [3.05, 3.63) is 108 Å². The number of rotatable bonds is 7. The molecule has 0 saturated heterocycles. The highest BCUT2D eigenvalue weighted by Gasteiger charge is 2.26. The van der Waals surface area contributed by atoms with Crippen molar-refractivity contribution in [2.45, 2.75) is 9.79 Å². The van der Waals surface area contributed by atoms with E-state index < -0.39 is 59.4 Å². The number of sulfonamides is 2. The van der Waals surface area contributed by atoms with E-state index in [1.807, 2.05) is 4.72 Å². The van der Waals surface area contributed by atoms with Crippen LogP contribution in [0.4, 0.5) is 18.9 Å². The number of nitrogens with zero attached hydrogens (tertiary/aromatic N) is 1. The zero-order chi connectivity index (χ0) is 28.8. The summed E-state index contributed by atoms with van der Waals surface area (Å²) in [6.45, 7) is 0. The zero-order valence-electron chi connectivity index (χ0n) is 20.0. The minimum absolute atomic E-state index is 0.110. The Hall–Kier alpha value is -4.53. The van der Waals surface area contributed by atoms with E-state index in [9.17, 15) is 30.4 Å². The van der Waals surface area contributed by atoms with Crippen LogP contribution in [0.1, 0.15) is 15.9 Å². The van der Waals surface area contributed by atoms with Crippen molar-refractivity contribution < 1.29 is 34.8 Å². The fourth-order valence-corrected chi connectivity index (χ4v) is 5.60. The summed E-state index contributed by atoms with van der Waals surface area (Å²) in [5.41, 5.74) is -0.705. The van der Waals surface area contributed by atoms with Crippen molar-refractivity contribution in [2.24, 2.45) is 5.14 Å². The van der Waals surface area contributed by atoms with Crippen LogP contribution in [-0.4, -0.2) is 32.6 Å². The molecule has 0 aliphatic carbocycles. The van der Waals surface area contributed by atoms with Gasteiger partial charge in [-0.3, -0.25) is 9.52 Å². The number of fused-ring (bicyclic) bond motifs is 1. The summed E-state index contributed by atoms with van der Waals surface area (Å²) in [4.78, 5) is 19.7. The molecule has 5 aromatic rings. The third-order valence-electron chi connectivity index (χ3n) is 5.96. The van der Waals surface area contributed by atoms with Gasteiger partial charge in [0.1, 0.15) is 17.3 Å². The van der Waals surface area contributed by atoms with Crippen LogP contribution in [0.15, 0.2) is 88.9 Å². The van der Waals surface area contributed by atoms with Crippen molar-refractivity contribution in [3.63, 3.8) is 0 Å². The van der Waals surface area contributed by atoms with Crippen LogP contribution in [-0.2, 0) is 20.0 Å². The fraction of sp³-hybridized carbons (Fsp3) is 0. The summed E-state index contributed by atoms with van der Waals surface area (Å²) in [6, 6.07) is 12.6. The lowest BCUT2D eigenvalue weighted by Crippen LogP contribution is -2.16. The van der Waals surface area contributed by atoms with Crippen molar-refractivity contribution in [1.82, 2.24) is 9.97 Å². The Bertz CT molecular complexity index is 2030. The molecule has 0 aliphatic heterocycles. The van der Waals surface area contributed by atoms with Gasteiger partial charge in [-0.2, -0.15) is 0 Å². The van der Waals surface area contributed by atoms with Crippen molar-refractivity contribution in [3.8, 4) is 11.1 Å². The summed E-state index contributed by atoms with van der Waals surface area (Å²) >= 11 is 0. The molecule has 9 nitrogen and oxygen atoms in total. The van der Waals surface area contributed by atoms with Crippen molar-refractivity contribution in [1.29, 1.82) is 0 Å². The first-order chi connectivity index (χ1) is 18.8. The number of carbonyl (C=O) groups excluding carboxylic acids is 1. The molecule has 0 aliphatic rings. The average Bonchev–Trinajstić information content (AvgIpc) is 3.33. The summed E-state index contributed by atoms with van der Waals surface area (Å²) in [6.07, 6.45) is 2.65. The van der Waals surface area contributed by atoms with Crippen LogP contribution in [0.3, 0.4) is 0 Å². The molecule has 3 aromatic carbocycles. The number of H-pyrrole nitrogens is 1. The van der Waals surface area contributed by atoms with Gasteiger partial charge in [0.15, 0.2) is 5.82 Å². The Kier molecular flexibility index (Phi) is 6.69. The minimum Gasteiger partial charge on any atom is -0.345 e. The van der Waals surface area contributed by atoms with Crippen LogP contribution >= 0.6 is 0 Å². The van der Waals surface area contributed by atoms with Gasteiger partial charge in [0, 0.05) is 28.9 Å². The smallest absolute Gasteiger partial charge is 0.262 e. The predicted molar refractivity (Wildman–Crippen MR) is 140 cm³/mol. The summed E-state index contributed by atoms with van der Waals surface area (Å²) in [5.74, 6) is -4.65. The molecule has 2 heterocycles. The number of pyridine rings is 1. The van der Waals surface area contributed by atoms with Gasteiger partial charge in [-0.05, 0) is 54.1 Å². The maximum absolute atomic E-state index is 15.4. The second kappa shape index (κ2) is 9.89. The van der Waals surface area contributed by atoms with E-state index >= 15 is 4.39 Å². The Morgan fingerprint density at radius 2 is 1.60 bits per heavy atom. The maximum atomic E-state index is 15.4. The molecule has 0 atom stereocenters. The number of hydrogen-bond donors (Lipinski definition) is 3. The first-order valence-electron chi connectivity index (χ1n) is 11.3. The van der Waals surface area contributed by atoms with E-state index in [4.69, 9.17) is 5.14 Å². The van der Waals surface area contributed by atoms with Gasteiger partial charge in [-0.1, -0.05) is 18.2 Å². The van der Waals surface area contributed by atoms with Crippen LogP contribution < -0.4 is 9.86 Å². The van der Waals surface area contributed by atoms with E-state index in [1.54, 1.807) is 0 Å². The molecule has 5 rings (SSSR count). The van der Waals surface area contributed by atoms with Gasteiger partial charge in [0.05, 0.1) is 21.0 Å². The zero-order valence-corrected chi connectivity index (χ0v) is 21.7. The number of carbonyl (C=O) groups is 1. The van der Waals surface area contributed by atoms with Crippen LogP contribution in [0.25, 0.3) is 22.2 Å². The van der Waals surface area contributed by atoms with E-state index in [2.05, 4.69) is 9.97 Å². The molecule has 0 spiro atoms. The van der Waals surface area contributed by atoms with Gasteiger partial charge in [-0.25, -0.2) is 40.1 Å². The van der Waals surface area contributed by atoms with Crippen molar-refractivity contribution >= 4 is 42.6 Å². The Morgan fingerprint density at radius 1 is 0.875 bits per heavy atom. The van der Waals surface area contributed by atoms with E-state index in [1.165, 1.54) is 42.7 Å². The first-order valence-corrected chi connectivity index (χ1v) is 14.3. The maximum Gasteiger partial charge on any atom is 0.262 e. The Balaban J connectivity index is 1.53. The predicted octanol–water partition coefficient (Wildman–Crippen LogP) is 4.33. The highest BCUT2D eigenvalue weighted by molar-refractivity contribution is 7.92. The van der Waals surface area contributed by atoms with E-state index in [0.29, 0.717) is 11.1 Å². The highest BCUT2D eigenvalue weighted by atomic mass is 32.2. The van der Waals surface area contributed by atoms with Gasteiger partial charge < -0.3 is 4.98 Å². The monoisotopic (exact) mass is 586 g/mol. The molecule has 0 saturated carbocycles. The standard InChI is InChI=1S/C26H17F3N4O5S2/c27-16-2-1-3-18(11-16)40(37,38)33-22-9-8-21(28)23(24(22)29)25(34)20-13-32-26-19(20)10-15(12-31-26)14-4-6-17(7-5-14)39(30,35)36/h1-13,33H,(H,31,32)(H2,30,35,36). The van der Waals surface area contributed by atoms with E-state index in [-0.39, 0.29) is 21.5 Å². The van der Waals surface area contributed by atoms with E-state index in [0.717, 1.165) is 36.4 Å². The lowest BCUT2D eigenvalue weighted by Gasteiger charge is -2.12. The number of halogens is 3. The van der Waals surface area contributed by atoms with Crippen LogP contribution in [0, 0.1) is 17.5 Å². The molecular formula is C26H17F3N4O5S2. The SMILES string of the molecule is NS(=O)(=O)c1ccc(-c2cnc3[nH]cc(C(=O)c4c(F)ccc(NS(=O)(=O)c5cccc(F)c5)c4F)c3c2)cc1. The lowest BCUT2D eigenvalue weighted by atomic mass is 10.00. The molecule has 14 heteroatoms. The minimum atomic E-state index is -4.48. The largest absolute Gasteiger partial charge is 0.345 e. The Labute approximate surface area is 225 Å². The third-order valence-corrected chi connectivity index (χ3v) is 8.25. The summed E-state index contributed by atoms with van der Waals surface area (Å²) in [5, 5.41) is 5.32. The molecule has 0 fully saturated rings. The molecule has 0 bridgehead atoms. The third kappa shape index (κ3) is 5.06. The molecule has 204 valence electrons. The number of ketones is 1. The van der Waals surface area contributed by atoms with Gasteiger partial charge in [-0.15, -0.1) is 0 Å². The highest BCUT2D eigenvalue weighted by Crippen LogP contribution is 2.30. The molecule has 0 radical (unpaired) electrons. The second-order valence-electron chi connectivity index (χ2n) is 8.57. The van der Waals surface area contributed by atoms with Crippen molar-refractivity contribution in [2.75, 3.05) is 4.72 Å². The normalized spacial score (nSPS) is 12.0. The number of aromatic amines is 1. The van der Waals surface area contributed by atoms with Crippen LogP contribution in [0.2, 0.25) is 0 Å². The Morgan fingerprint density at radius 3 is 2.27 bits per heavy atom. The van der Waals surface area contributed by atoms with Gasteiger partial charge in [0.25, 0.3) is 10.0 Å². The number of anilines is 1. The number of nitrogens with two attached hydrogens (primary N) is 1. The lowest BCUT2D eigenvalue weighted by molar-refractivity contribution is 0.103. The molecule has 4 N–H and O–H groups in total. The molecule has 2 aromatic heterocycles. The number of benzene rings is 3. The number of nitrogens with one attached hydrogen (secondary N) is 2. The number of aromatic nitrogens is 2. The van der Waals surface area contributed by atoms with Crippen LogP contribution in [0.5, 0.6) is 0 Å². The average molecular weight is 587 g/mol. The molecular weight excluding hydrogens is 569 g/mol. The second-order valence-corrected chi connectivity index (χ2v) is 11.8. The fourth-order valence-electron chi connectivity index (χ4n) is 4.00. The summed E-state index contributed by atoms with van der Waals surface area (Å²) < 4.78 is 94.0. The number of primary sulfonamides is 1. The first kappa shape index (κ1) is 27.1. The molecule has 0 amide bonds. The molecule has 0 unspecified atom stereocenters.